The van der Waals surface area contributed by atoms with Gasteiger partial charge in [0.2, 0.25) is 11.8 Å². The predicted octanol–water partition coefficient (Wildman–Crippen LogP) is -0.605. The first kappa shape index (κ1) is 16.0. The molecule has 1 unspecified atom stereocenters. The average Bonchev–Trinajstić information content (AvgIpc) is 2.34. The van der Waals surface area contributed by atoms with E-state index in [2.05, 4.69) is 20.7 Å². The van der Waals surface area contributed by atoms with E-state index in [1.54, 1.807) is 6.92 Å². The zero-order valence-electron chi connectivity index (χ0n) is 11.6. The topological polar surface area (TPSA) is 142 Å². The van der Waals surface area contributed by atoms with Crippen molar-refractivity contribution in [1.82, 2.24) is 14.9 Å². The molecule has 0 aliphatic rings. The first-order valence-corrected chi connectivity index (χ1v) is 5.84. The predicted molar refractivity (Wildman–Crippen MR) is 74.2 cm³/mol. The molecule has 1 atom stereocenters. The molecule has 0 spiro atoms. The molecule has 112 valence electrons. The van der Waals surface area contributed by atoms with Gasteiger partial charge in [0, 0.05) is 13.1 Å². The Morgan fingerprint density at radius 2 is 2.25 bits per heavy atom. The van der Waals surface area contributed by atoms with Crippen LogP contribution in [-0.4, -0.2) is 57.7 Å². The molecule has 0 saturated heterocycles. The molecule has 1 rings (SSSR count). The normalized spacial score (nSPS) is 13.9. The molecule has 10 nitrogen and oxygen atoms in total. The van der Waals surface area contributed by atoms with E-state index in [0.29, 0.717) is 6.54 Å². The Morgan fingerprint density at radius 3 is 2.75 bits per heavy atom. The van der Waals surface area contributed by atoms with Gasteiger partial charge in [-0.2, -0.15) is 4.98 Å². The van der Waals surface area contributed by atoms with Gasteiger partial charge in [0.05, 0.1) is 10.5 Å². The van der Waals surface area contributed by atoms with Crippen molar-refractivity contribution >= 4 is 17.5 Å². The second-order valence-corrected chi connectivity index (χ2v) is 4.92. The number of nitrogen functional groups attached to an aromatic ring is 1. The number of anilines is 2. The maximum atomic E-state index is 10.9. The minimum absolute atomic E-state index is 0.00280. The number of nitrogens with one attached hydrogen (secondary N) is 2. The summed E-state index contributed by atoms with van der Waals surface area (Å²) in [6.07, 6.45) is 1.05. The van der Waals surface area contributed by atoms with Crippen LogP contribution in [0.15, 0.2) is 6.20 Å². The summed E-state index contributed by atoms with van der Waals surface area (Å²) in [6.45, 7) is 2.10. The number of nitro groups is 1. The number of nitrogens with zero attached hydrogens (tertiary/aromatic N) is 4. The van der Waals surface area contributed by atoms with Crippen LogP contribution in [0.3, 0.4) is 0 Å². The largest absolute Gasteiger partial charge is 0.387 e. The molecule has 0 fully saturated rings. The van der Waals surface area contributed by atoms with E-state index in [0.717, 1.165) is 6.20 Å². The summed E-state index contributed by atoms with van der Waals surface area (Å²) in [7, 11) is 3.64. The Bertz CT molecular complexity index is 478. The molecule has 0 aliphatic carbocycles. The molecule has 0 amide bonds. The van der Waals surface area contributed by atoms with Gasteiger partial charge in [-0.25, -0.2) is 10.8 Å². The smallest absolute Gasteiger partial charge is 0.329 e. The quantitative estimate of drug-likeness (QED) is 0.293. The zero-order chi connectivity index (χ0) is 15.3. The third-order valence-corrected chi connectivity index (χ3v) is 2.39. The van der Waals surface area contributed by atoms with Gasteiger partial charge < -0.3 is 15.3 Å². The second-order valence-electron chi connectivity index (χ2n) is 4.92. The van der Waals surface area contributed by atoms with Crippen molar-refractivity contribution in [2.45, 2.75) is 12.5 Å². The van der Waals surface area contributed by atoms with E-state index in [1.807, 2.05) is 19.0 Å². The van der Waals surface area contributed by atoms with E-state index in [9.17, 15) is 15.2 Å². The van der Waals surface area contributed by atoms with Gasteiger partial charge in [0.25, 0.3) is 0 Å². The van der Waals surface area contributed by atoms with Crippen molar-refractivity contribution in [3.8, 4) is 0 Å². The minimum atomic E-state index is -1.07. The second kappa shape index (κ2) is 6.41. The molecule has 0 aromatic carbocycles. The number of aliphatic hydroxyl groups is 1. The van der Waals surface area contributed by atoms with Crippen LogP contribution in [0.25, 0.3) is 0 Å². The van der Waals surface area contributed by atoms with E-state index < -0.39 is 10.5 Å². The van der Waals surface area contributed by atoms with Crippen molar-refractivity contribution in [2.75, 3.05) is 37.9 Å². The summed E-state index contributed by atoms with van der Waals surface area (Å²) in [5.41, 5.74) is 0.849. The highest BCUT2D eigenvalue weighted by atomic mass is 16.6. The molecule has 5 N–H and O–H groups in total. The van der Waals surface area contributed by atoms with Crippen molar-refractivity contribution in [3.05, 3.63) is 16.3 Å². The van der Waals surface area contributed by atoms with Crippen LogP contribution in [0.1, 0.15) is 6.92 Å². The van der Waals surface area contributed by atoms with Crippen LogP contribution in [0.5, 0.6) is 0 Å². The van der Waals surface area contributed by atoms with E-state index in [1.165, 1.54) is 0 Å². The van der Waals surface area contributed by atoms with Crippen molar-refractivity contribution in [1.29, 1.82) is 0 Å². The SMILES string of the molecule is CN(C)CC(C)(O)CNc1nc(NN)ncc1[N+](=O)[O-]. The fraction of sp³-hybridized carbons (Fsp3) is 0.600. The number of hydrogen-bond acceptors (Lipinski definition) is 9. The average molecular weight is 285 g/mol. The molecule has 0 saturated carbocycles. The molecule has 1 aromatic heterocycles. The lowest BCUT2D eigenvalue weighted by Crippen LogP contribution is -2.43. The summed E-state index contributed by atoms with van der Waals surface area (Å²) in [6, 6.07) is 0. The number of likely N-dealkylation sites (N-methyl/N-ethyl adjacent to an activating group) is 1. The van der Waals surface area contributed by atoms with Crippen LogP contribution in [0, 0.1) is 10.1 Å². The van der Waals surface area contributed by atoms with E-state index in [-0.39, 0.29) is 24.0 Å². The third kappa shape index (κ3) is 4.57. The molecule has 1 aromatic rings. The monoisotopic (exact) mass is 285 g/mol. The van der Waals surface area contributed by atoms with Gasteiger partial charge in [0.1, 0.15) is 6.20 Å². The molecule has 20 heavy (non-hydrogen) atoms. The Kier molecular flexibility index (Phi) is 5.13. The van der Waals surface area contributed by atoms with Crippen LogP contribution in [0.4, 0.5) is 17.5 Å². The number of hydrazine groups is 1. The van der Waals surface area contributed by atoms with Gasteiger partial charge in [-0.15, -0.1) is 0 Å². The molecule has 0 radical (unpaired) electrons. The minimum Gasteiger partial charge on any atom is -0.387 e. The summed E-state index contributed by atoms with van der Waals surface area (Å²) >= 11 is 0. The Hall–Kier alpha value is -2.04. The van der Waals surface area contributed by atoms with Crippen LogP contribution in [0.2, 0.25) is 0 Å². The first-order valence-electron chi connectivity index (χ1n) is 5.84. The lowest BCUT2D eigenvalue weighted by Gasteiger charge is -2.27. The Balaban J connectivity index is 2.87. The van der Waals surface area contributed by atoms with Crippen molar-refractivity contribution < 1.29 is 10.0 Å². The van der Waals surface area contributed by atoms with Crippen LogP contribution < -0.4 is 16.6 Å². The summed E-state index contributed by atoms with van der Waals surface area (Å²) in [4.78, 5) is 19.6. The Morgan fingerprint density at radius 1 is 1.60 bits per heavy atom. The van der Waals surface area contributed by atoms with Crippen LogP contribution >= 0.6 is 0 Å². The fourth-order valence-electron chi connectivity index (χ4n) is 1.72. The molecule has 0 aliphatic heterocycles. The first-order chi connectivity index (χ1) is 9.25. The third-order valence-electron chi connectivity index (χ3n) is 2.39. The number of hydrogen-bond donors (Lipinski definition) is 4. The number of aromatic nitrogens is 2. The van der Waals surface area contributed by atoms with Gasteiger partial charge in [0.15, 0.2) is 0 Å². The fourth-order valence-corrected chi connectivity index (χ4v) is 1.72. The Labute approximate surface area is 116 Å². The molecule has 10 heteroatoms. The molecular weight excluding hydrogens is 266 g/mol. The summed E-state index contributed by atoms with van der Waals surface area (Å²) in [5.74, 6) is 5.21. The molecule has 0 bridgehead atoms. The number of nitrogens with two attached hydrogens (primary N) is 1. The molecular formula is C10H19N7O3. The van der Waals surface area contributed by atoms with E-state index in [4.69, 9.17) is 5.84 Å². The summed E-state index contributed by atoms with van der Waals surface area (Å²) < 4.78 is 0. The highest BCUT2D eigenvalue weighted by Crippen LogP contribution is 2.22. The highest BCUT2D eigenvalue weighted by Gasteiger charge is 2.24. The zero-order valence-corrected chi connectivity index (χ0v) is 11.6. The maximum Gasteiger partial charge on any atom is 0.329 e. The highest BCUT2D eigenvalue weighted by molar-refractivity contribution is 5.56. The van der Waals surface area contributed by atoms with Gasteiger partial charge in [-0.1, -0.05) is 0 Å². The van der Waals surface area contributed by atoms with Crippen molar-refractivity contribution in [2.24, 2.45) is 5.84 Å². The van der Waals surface area contributed by atoms with Gasteiger partial charge in [-0.3, -0.25) is 15.5 Å². The lowest BCUT2D eigenvalue weighted by molar-refractivity contribution is -0.384. The van der Waals surface area contributed by atoms with E-state index >= 15 is 0 Å². The summed E-state index contributed by atoms with van der Waals surface area (Å²) in [5, 5.41) is 23.8. The van der Waals surface area contributed by atoms with Gasteiger partial charge >= 0.3 is 5.69 Å². The van der Waals surface area contributed by atoms with Crippen LogP contribution in [-0.2, 0) is 0 Å². The maximum absolute atomic E-state index is 10.9. The van der Waals surface area contributed by atoms with Crippen molar-refractivity contribution in [3.63, 3.8) is 0 Å². The lowest BCUT2D eigenvalue weighted by atomic mass is 10.1. The molecule has 1 heterocycles. The standard InChI is InChI=1S/C10H19N7O3/c1-10(18,6-16(2)3)5-13-8-7(17(19)20)4-12-9(14-8)15-11/h4,18H,5-6,11H2,1-3H3,(H2,12,13,14,15). The van der Waals surface area contributed by atoms with Gasteiger partial charge in [-0.05, 0) is 21.0 Å². The number of rotatable bonds is 7.